The highest BCUT2D eigenvalue weighted by atomic mass is 16.4. The minimum absolute atomic E-state index is 0.0593. The third kappa shape index (κ3) is 5.42. The molecule has 2 aliphatic rings. The second kappa shape index (κ2) is 9.90. The summed E-state index contributed by atoms with van der Waals surface area (Å²) in [6, 6.07) is 17.1. The fourth-order valence-electron chi connectivity index (χ4n) is 4.62. The van der Waals surface area contributed by atoms with Gasteiger partial charge < -0.3 is 10.4 Å². The van der Waals surface area contributed by atoms with Crippen LogP contribution in [0.15, 0.2) is 61.2 Å². The number of benzene rings is 2. The van der Waals surface area contributed by atoms with Crippen molar-refractivity contribution in [1.29, 1.82) is 0 Å². The van der Waals surface area contributed by atoms with E-state index in [-0.39, 0.29) is 23.7 Å². The Morgan fingerprint density at radius 3 is 2.30 bits per heavy atom. The highest BCUT2D eigenvalue weighted by Gasteiger charge is 2.43. The van der Waals surface area contributed by atoms with Crippen molar-refractivity contribution in [3.63, 3.8) is 0 Å². The molecule has 0 radical (unpaired) electrons. The number of hydrazine groups is 1. The van der Waals surface area contributed by atoms with Crippen LogP contribution in [0.25, 0.3) is 5.70 Å². The lowest BCUT2D eigenvalue weighted by molar-refractivity contribution is -0.147. The molecule has 0 heterocycles. The summed E-state index contributed by atoms with van der Waals surface area (Å²) in [5, 5.41) is 12.3. The van der Waals surface area contributed by atoms with E-state index in [1.807, 2.05) is 36.4 Å². The largest absolute Gasteiger partial charge is 0.481 e. The van der Waals surface area contributed by atoms with Gasteiger partial charge in [0.05, 0.1) is 17.5 Å². The van der Waals surface area contributed by atoms with Gasteiger partial charge in [0.25, 0.3) is 0 Å². The third-order valence-corrected chi connectivity index (χ3v) is 6.59. The number of hydrogen-bond donors (Lipinski definition) is 4. The van der Waals surface area contributed by atoms with Crippen molar-refractivity contribution in [3.8, 4) is 0 Å². The topological polar surface area (TPSA) is 108 Å². The van der Waals surface area contributed by atoms with E-state index in [1.165, 1.54) is 5.56 Å². The first-order chi connectivity index (χ1) is 15.9. The first-order valence-electron chi connectivity index (χ1n) is 11.4. The van der Waals surface area contributed by atoms with Crippen LogP contribution in [-0.2, 0) is 14.4 Å². The van der Waals surface area contributed by atoms with Gasteiger partial charge >= 0.3 is 5.97 Å². The van der Waals surface area contributed by atoms with Crippen molar-refractivity contribution in [2.75, 3.05) is 5.32 Å². The minimum atomic E-state index is -0.915. The number of nitrogens with one attached hydrogen (secondary N) is 3. The quantitative estimate of drug-likeness (QED) is 0.459. The van der Waals surface area contributed by atoms with Crippen LogP contribution in [0, 0.1) is 17.8 Å². The van der Waals surface area contributed by atoms with Crippen LogP contribution in [0.1, 0.15) is 49.1 Å². The SMILES string of the molecule is C=C(NNC(=O)C1CC1c1ccccc1)c1cccc(NC(=O)C2CCCCC2C(=O)O)c1. The van der Waals surface area contributed by atoms with Crippen molar-refractivity contribution >= 4 is 29.2 Å². The van der Waals surface area contributed by atoms with Crippen molar-refractivity contribution in [2.24, 2.45) is 17.8 Å². The maximum Gasteiger partial charge on any atom is 0.307 e. The summed E-state index contributed by atoms with van der Waals surface area (Å²) in [6.07, 6.45) is 3.62. The molecular weight excluding hydrogens is 418 g/mol. The van der Waals surface area contributed by atoms with Crippen LogP contribution in [-0.4, -0.2) is 22.9 Å². The molecule has 2 aromatic rings. The number of hydrogen-bond acceptors (Lipinski definition) is 4. The summed E-state index contributed by atoms with van der Waals surface area (Å²) in [4.78, 5) is 36.7. The van der Waals surface area contributed by atoms with Gasteiger partial charge in [-0.15, -0.1) is 0 Å². The number of aliphatic carboxylic acids is 1. The average molecular weight is 448 g/mol. The van der Waals surface area contributed by atoms with Gasteiger partial charge in [0.1, 0.15) is 0 Å². The van der Waals surface area contributed by atoms with E-state index < -0.39 is 17.8 Å². The third-order valence-electron chi connectivity index (χ3n) is 6.59. The molecule has 0 spiro atoms. The Morgan fingerprint density at radius 1 is 0.848 bits per heavy atom. The second-order valence-electron chi connectivity index (χ2n) is 8.86. The van der Waals surface area contributed by atoms with Gasteiger partial charge in [0.15, 0.2) is 0 Å². The van der Waals surface area contributed by atoms with E-state index in [2.05, 4.69) is 22.7 Å². The van der Waals surface area contributed by atoms with Gasteiger partial charge in [-0.25, -0.2) is 0 Å². The number of amides is 2. The summed E-state index contributed by atoms with van der Waals surface area (Å²) in [7, 11) is 0. The Kier molecular flexibility index (Phi) is 6.77. The normalized spacial score (nSPS) is 23.8. The Hall–Kier alpha value is -3.61. The van der Waals surface area contributed by atoms with Gasteiger partial charge in [0, 0.05) is 17.2 Å². The maximum absolute atomic E-state index is 12.7. The first-order valence-corrected chi connectivity index (χ1v) is 11.4. The van der Waals surface area contributed by atoms with E-state index in [4.69, 9.17) is 0 Å². The van der Waals surface area contributed by atoms with E-state index >= 15 is 0 Å². The number of carbonyl (C=O) groups is 3. The Labute approximate surface area is 193 Å². The molecule has 4 atom stereocenters. The van der Waals surface area contributed by atoms with Crippen molar-refractivity contribution in [1.82, 2.24) is 10.9 Å². The van der Waals surface area contributed by atoms with E-state index in [0.29, 0.717) is 29.8 Å². The lowest BCUT2D eigenvalue weighted by Crippen LogP contribution is -2.37. The lowest BCUT2D eigenvalue weighted by atomic mass is 9.78. The molecule has 2 aromatic carbocycles. The van der Waals surface area contributed by atoms with Crippen LogP contribution in [0.5, 0.6) is 0 Å². The molecule has 0 aromatic heterocycles. The Balaban J connectivity index is 1.31. The molecule has 4 N–H and O–H groups in total. The molecule has 2 amide bonds. The van der Waals surface area contributed by atoms with Crippen molar-refractivity contribution < 1.29 is 19.5 Å². The van der Waals surface area contributed by atoms with Crippen LogP contribution in [0.4, 0.5) is 5.69 Å². The van der Waals surface area contributed by atoms with Gasteiger partial charge in [-0.3, -0.25) is 25.2 Å². The Bertz CT molecular complexity index is 1050. The molecule has 2 aliphatic carbocycles. The monoisotopic (exact) mass is 447 g/mol. The zero-order valence-electron chi connectivity index (χ0n) is 18.4. The van der Waals surface area contributed by atoms with Crippen molar-refractivity contribution in [3.05, 3.63) is 72.3 Å². The fourth-order valence-corrected chi connectivity index (χ4v) is 4.62. The summed E-state index contributed by atoms with van der Waals surface area (Å²) in [6.45, 7) is 3.98. The summed E-state index contributed by atoms with van der Waals surface area (Å²) < 4.78 is 0. The molecule has 2 saturated carbocycles. The lowest BCUT2D eigenvalue weighted by Gasteiger charge is -2.27. The number of rotatable bonds is 8. The van der Waals surface area contributed by atoms with Gasteiger partial charge in [-0.2, -0.15) is 0 Å². The smallest absolute Gasteiger partial charge is 0.307 e. The molecule has 2 fully saturated rings. The van der Waals surface area contributed by atoms with E-state index in [1.54, 1.807) is 18.2 Å². The first kappa shape index (κ1) is 22.6. The number of carbonyl (C=O) groups excluding carboxylic acids is 2. The molecule has 172 valence electrons. The van der Waals surface area contributed by atoms with Gasteiger partial charge in [-0.05, 0) is 42.9 Å². The zero-order valence-corrected chi connectivity index (χ0v) is 18.4. The standard InChI is InChI=1S/C26H29N3O4/c1-16(28-29-25(31)23-15-22(23)17-8-3-2-4-9-17)18-10-7-11-19(14-18)27-24(30)20-12-5-6-13-21(20)26(32)33/h2-4,7-11,14,20-23,28H,1,5-6,12-13,15H2,(H,27,30)(H,29,31)(H,32,33). The minimum Gasteiger partial charge on any atom is -0.481 e. The molecule has 33 heavy (non-hydrogen) atoms. The van der Waals surface area contributed by atoms with Gasteiger partial charge in [0.2, 0.25) is 11.8 Å². The number of carboxylic acid groups (broad SMARTS) is 1. The number of carboxylic acids is 1. The highest BCUT2D eigenvalue weighted by molar-refractivity contribution is 5.95. The Morgan fingerprint density at radius 2 is 1.58 bits per heavy atom. The molecule has 7 heteroatoms. The average Bonchev–Trinajstić information content (AvgIpc) is 3.64. The van der Waals surface area contributed by atoms with Crippen LogP contribution < -0.4 is 16.2 Å². The summed E-state index contributed by atoms with van der Waals surface area (Å²) in [5.74, 6) is -2.25. The predicted molar refractivity (Wildman–Crippen MR) is 126 cm³/mol. The summed E-state index contributed by atoms with van der Waals surface area (Å²) in [5.41, 5.74) is 8.55. The molecule has 0 saturated heterocycles. The molecule has 7 nitrogen and oxygen atoms in total. The van der Waals surface area contributed by atoms with E-state index in [0.717, 1.165) is 19.3 Å². The highest BCUT2D eigenvalue weighted by Crippen LogP contribution is 2.47. The van der Waals surface area contributed by atoms with E-state index in [9.17, 15) is 19.5 Å². The molecule has 0 aliphatic heterocycles. The molecule has 4 unspecified atom stereocenters. The molecule has 4 rings (SSSR count). The fraction of sp³-hybridized carbons (Fsp3) is 0.346. The van der Waals surface area contributed by atoms with Crippen LogP contribution in [0.3, 0.4) is 0 Å². The molecular formula is C26H29N3O4. The predicted octanol–water partition coefficient (Wildman–Crippen LogP) is 3.91. The van der Waals surface area contributed by atoms with Crippen LogP contribution >= 0.6 is 0 Å². The second-order valence-corrected chi connectivity index (χ2v) is 8.86. The maximum atomic E-state index is 12.7. The molecule has 0 bridgehead atoms. The van der Waals surface area contributed by atoms with Crippen molar-refractivity contribution in [2.45, 2.75) is 38.0 Å². The number of anilines is 1. The summed E-state index contributed by atoms with van der Waals surface area (Å²) >= 11 is 0. The van der Waals surface area contributed by atoms with Crippen LogP contribution in [0.2, 0.25) is 0 Å². The zero-order chi connectivity index (χ0) is 23.4. The van der Waals surface area contributed by atoms with Gasteiger partial charge in [-0.1, -0.05) is 61.9 Å².